The number of rotatable bonds is 8. The topological polar surface area (TPSA) is 37.4 Å². The van der Waals surface area contributed by atoms with E-state index in [-0.39, 0.29) is 0 Å². The van der Waals surface area contributed by atoms with Crippen molar-refractivity contribution in [2.45, 2.75) is 39.0 Å². The third-order valence-electron chi connectivity index (χ3n) is 4.18. The highest BCUT2D eigenvalue weighted by Crippen LogP contribution is 2.22. The molecule has 0 fully saturated rings. The van der Waals surface area contributed by atoms with Crippen LogP contribution in [0.5, 0.6) is 0 Å². The second kappa shape index (κ2) is 10.3. The van der Waals surface area contributed by atoms with E-state index < -0.39 is 11.8 Å². The Morgan fingerprint density at radius 1 is 0.769 bits per heavy atom. The molecule has 0 atom stereocenters. The van der Waals surface area contributed by atoms with Gasteiger partial charge in [-0.05, 0) is 30.7 Å². The third kappa shape index (κ3) is 5.33. The Morgan fingerprint density at radius 3 is 1.69 bits per heavy atom. The molecule has 2 amide bonds. The van der Waals surface area contributed by atoms with Crippen LogP contribution in [0.4, 0.5) is 0 Å². The molecule has 0 bridgehead atoms. The molecule has 0 unspecified atom stereocenters. The first-order chi connectivity index (χ1) is 12.6. The van der Waals surface area contributed by atoms with Gasteiger partial charge in [-0.15, -0.1) is 0 Å². The summed E-state index contributed by atoms with van der Waals surface area (Å²) in [5.74, 6) is -0.785. The largest absolute Gasteiger partial charge is 0.274 e. The Kier molecular flexibility index (Phi) is 8.14. The van der Waals surface area contributed by atoms with E-state index in [0.29, 0.717) is 27.7 Å². The number of hydrogen-bond donors (Lipinski definition) is 0. The lowest BCUT2D eigenvalue weighted by Gasteiger charge is -2.22. The molecule has 0 saturated carbocycles. The zero-order valence-corrected chi connectivity index (χ0v) is 16.4. The van der Waals surface area contributed by atoms with E-state index in [1.807, 2.05) is 0 Å². The summed E-state index contributed by atoms with van der Waals surface area (Å²) in [7, 11) is 0. The predicted molar refractivity (Wildman–Crippen MR) is 107 cm³/mol. The van der Waals surface area contributed by atoms with Crippen molar-refractivity contribution in [2.24, 2.45) is 0 Å². The number of carbonyl (C=O) groups excluding carboxylic acids is 2. The average molecular weight is 392 g/mol. The Labute approximate surface area is 164 Å². The first-order valence-corrected chi connectivity index (χ1v) is 9.67. The van der Waals surface area contributed by atoms with Crippen molar-refractivity contribution in [3.8, 4) is 0 Å². The fourth-order valence-corrected chi connectivity index (χ4v) is 3.16. The molecule has 0 aliphatic heterocycles. The molecule has 2 rings (SSSR count). The zero-order valence-electron chi connectivity index (χ0n) is 14.9. The van der Waals surface area contributed by atoms with Gasteiger partial charge in [-0.3, -0.25) is 14.5 Å². The number of nitrogens with zero attached hydrogens (tertiary/aromatic N) is 1. The molecule has 2 aromatic rings. The van der Waals surface area contributed by atoms with Crippen molar-refractivity contribution >= 4 is 35.0 Å². The van der Waals surface area contributed by atoms with Crippen LogP contribution < -0.4 is 0 Å². The van der Waals surface area contributed by atoms with Crippen LogP contribution >= 0.6 is 23.2 Å². The Balaban J connectivity index is 2.24. The Hall–Kier alpha value is -1.84. The maximum Gasteiger partial charge on any atom is 0.262 e. The van der Waals surface area contributed by atoms with Crippen molar-refractivity contribution in [3.63, 3.8) is 0 Å². The third-order valence-corrected chi connectivity index (χ3v) is 4.84. The number of unbranched alkanes of at least 4 members (excludes halogenated alkanes) is 4. The second-order valence-corrected chi connectivity index (χ2v) is 6.95. The molecule has 5 heteroatoms. The predicted octanol–water partition coefficient (Wildman–Crippen LogP) is 6.25. The number of halogens is 2. The highest BCUT2D eigenvalue weighted by atomic mass is 35.5. The lowest BCUT2D eigenvalue weighted by Crippen LogP contribution is -2.38. The van der Waals surface area contributed by atoms with E-state index in [9.17, 15) is 9.59 Å². The van der Waals surface area contributed by atoms with Gasteiger partial charge in [0.15, 0.2) is 0 Å². The number of carbonyl (C=O) groups is 2. The van der Waals surface area contributed by atoms with Gasteiger partial charge in [0.25, 0.3) is 11.8 Å². The maximum atomic E-state index is 13.0. The standard InChI is InChI=1S/C21H23Cl2NO2/c1-2-3-4-5-10-15-24(20(25)16-11-6-8-13-18(16)22)21(26)17-12-7-9-14-19(17)23/h6-9,11-14H,2-5,10,15H2,1H3. The molecule has 3 nitrogen and oxygen atoms in total. The summed E-state index contributed by atoms with van der Waals surface area (Å²) in [5.41, 5.74) is 0.645. The van der Waals surface area contributed by atoms with Gasteiger partial charge in [0.1, 0.15) is 0 Å². The fraction of sp³-hybridized carbons (Fsp3) is 0.333. The van der Waals surface area contributed by atoms with Gasteiger partial charge < -0.3 is 0 Å². The minimum Gasteiger partial charge on any atom is -0.274 e. The molecule has 0 aliphatic rings. The first kappa shape index (κ1) is 20.5. The minimum absolute atomic E-state index is 0.322. The van der Waals surface area contributed by atoms with Crippen molar-refractivity contribution < 1.29 is 9.59 Å². The van der Waals surface area contributed by atoms with E-state index in [1.54, 1.807) is 48.5 Å². The summed E-state index contributed by atoms with van der Waals surface area (Å²) >= 11 is 12.3. The van der Waals surface area contributed by atoms with Gasteiger partial charge in [-0.2, -0.15) is 0 Å². The average Bonchev–Trinajstić information content (AvgIpc) is 2.64. The number of amides is 2. The molecule has 0 aliphatic carbocycles. The fourth-order valence-electron chi connectivity index (χ4n) is 2.73. The van der Waals surface area contributed by atoms with Crippen LogP contribution in [0.15, 0.2) is 48.5 Å². The van der Waals surface area contributed by atoms with Crippen molar-refractivity contribution in [2.75, 3.05) is 6.54 Å². The molecule has 138 valence electrons. The summed E-state index contributed by atoms with van der Waals surface area (Å²) in [6.45, 7) is 2.49. The quantitative estimate of drug-likeness (QED) is 0.394. The van der Waals surface area contributed by atoms with E-state index in [0.717, 1.165) is 32.1 Å². The van der Waals surface area contributed by atoms with Crippen molar-refractivity contribution in [1.29, 1.82) is 0 Å². The second-order valence-electron chi connectivity index (χ2n) is 6.14. The lowest BCUT2D eigenvalue weighted by molar-refractivity contribution is 0.0613. The Morgan fingerprint density at radius 2 is 1.23 bits per heavy atom. The van der Waals surface area contributed by atoms with E-state index in [1.165, 1.54) is 4.90 Å². The SMILES string of the molecule is CCCCCCCN(C(=O)c1ccccc1Cl)C(=O)c1ccccc1Cl. The molecule has 0 radical (unpaired) electrons. The summed E-state index contributed by atoms with van der Waals surface area (Å²) < 4.78 is 0. The summed E-state index contributed by atoms with van der Waals surface area (Å²) in [4.78, 5) is 27.2. The van der Waals surface area contributed by atoms with Gasteiger partial charge in [-0.1, -0.05) is 80.1 Å². The molecule has 0 saturated heterocycles. The number of hydrogen-bond acceptors (Lipinski definition) is 2. The van der Waals surface area contributed by atoms with Crippen molar-refractivity contribution in [1.82, 2.24) is 4.90 Å². The van der Waals surface area contributed by atoms with Crippen LogP contribution in [0, 0.1) is 0 Å². The van der Waals surface area contributed by atoms with Gasteiger partial charge in [0.05, 0.1) is 21.2 Å². The van der Waals surface area contributed by atoms with Crippen LogP contribution in [-0.4, -0.2) is 23.3 Å². The summed E-state index contributed by atoms with van der Waals surface area (Å²) in [6, 6.07) is 13.5. The molecule has 0 spiro atoms. The zero-order chi connectivity index (χ0) is 18.9. The molecule has 0 heterocycles. The van der Waals surface area contributed by atoms with Crippen molar-refractivity contribution in [3.05, 3.63) is 69.7 Å². The van der Waals surface area contributed by atoms with E-state index >= 15 is 0 Å². The lowest BCUT2D eigenvalue weighted by atomic mass is 10.1. The normalized spacial score (nSPS) is 10.6. The number of imide groups is 1. The molecule has 0 aromatic heterocycles. The van der Waals surface area contributed by atoms with E-state index in [4.69, 9.17) is 23.2 Å². The summed E-state index contributed by atoms with van der Waals surface area (Å²) in [5, 5.41) is 0.667. The van der Waals surface area contributed by atoms with Gasteiger partial charge in [0.2, 0.25) is 0 Å². The first-order valence-electron chi connectivity index (χ1n) is 8.91. The van der Waals surface area contributed by atoms with Gasteiger partial charge in [-0.25, -0.2) is 0 Å². The molecular formula is C21H23Cl2NO2. The molecule has 2 aromatic carbocycles. The Bertz CT molecular complexity index is 704. The minimum atomic E-state index is -0.393. The van der Waals surface area contributed by atoms with Crippen LogP contribution in [0.3, 0.4) is 0 Å². The smallest absolute Gasteiger partial charge is 0.262 e. The molecule has 0 N–H and O–H groups in total. The summed E-state index contributed by atoms with van der Waals surface area (Å²) in [6.07, 6.45) is 5.10. The highest BCUT2D eigenvalue weighted by molar-refractivity contribution is 6.35. The molecule has 26 heavy (non-hydrogen) atoms. The maximum absolute atomic E-state index is 13.0. The number of benzene rings is 2. The van der Waals surface area contributed by atoms with E-state index in [2.05, 4.69) is 6.92 Å². The molecular weight excluding hydrogens is 369 g/mol. The van der Waals surface area contributed by atoms with Crippen LogP contribution in [0.1, 0.15) is 59.7 Å². The monoisotopic (exact) mass is 391 g/mol. The van der Waals surface area contributed by atoms with Crippen LogP contribution in [-0.2, 0) is 0 Å². The van der Waals surface area contributed by atoms with Crippen LogP contribution in [0.2, 0.25) is 10.0 Å². The highest BCUT2D eigenvalue weighted by Gasteiger charge is 2.26. The van der Waals surface area contributed by atoms with Gasteiger partial charge in [0, 0.05) is 6.54 Å². The van der Waals surface area contributed by atoms with Crippen LogP contribution in [0.25, 0.3) is 0 Å². The van der Waals surface area contributed by atoms with Gasteiger partial charge >= 0.3 is 0 Å².